The van der Waals surface area contributed by atoms with Gasteiger partial charge in [0.25, 0.3) is 0 Å². The molecule has 1 N–H and O–H groups in total. The molecular formula is C23H23Cl2N3O. The van der Waals surface area contributed by atoms with E-state index in [4.69, 9.17) is 16.6 Å². The van der Waals surface area contributed by atoms with Gasteiger partial charge >= 0.3 is 0 Å². The van der Waals surface area contributed by atoms with Gasteiger partial charge in [-0.25, -0.2) is 0 Å². The third-order valence-electron chi connectivity index (χ3n) is 4.87. The highest BCUT2D eigenvalue weighted by Gasteiger charge is 2.12. The summed E-state index contributed by atoms with van der Waals surface area (Å²) < 4.78 is 0. The van der Waals surface area contributed by atoms with Gasteiger partial charge in [-0.15, -0.1) is 12.4 Å². The second-order valence-corrected chi connectivity index (χ2v) is 7.51. The first-order valence-electron chi connectivity index (χ1n) is 9.52. The Labute approximate surface area is 182 Å². The molecule has 0 aliphatic carbocycles. The van der Waals surface area contributed by atoms with Crippen LogP contribution in [0.15, 0.2) is 60.7 Å². The van der Waals surface area contributed by atoms with Gasteiger partial charge in [0, 0.05) is 28.7 Å². The van der Waals surface area contributed by atoms with Crippen molar-refractivity contribution in [1.29, 1.82) is 0 Å². The lowest BCUT2D eigenvalue weighted by molar-refractivity contribution is -0.111. The van der Waals surface area contributed by atoms with Gasteiger partial charge in [0.1, 0.15) is 0 Å². The molecule has 2 heterocycles. The molecule has 0 radical (unpaired) electrons. The van der Waals surface area contributed by atoms with Crippen molar-refractivity contribution < 1.29 is 4.79 Å². The fraction of sp³-hybridized carbons (Fsp3) is 0.217. The number of rotatable bonds is 5. The highest BCUT2D eigenvalue weighted by molar-refractivity contribution is 6.30. The first kappa shape index (κ1) is 21.3. The lowest BCUT2D eigenvalue weighted by Gasteiger charge is -2.14. The van der Waals surface area contributed by atoms with Crippen LogP contribution in [0.5, 0.6) is 0 Å². The van der Waals surface area contributed by atoms with Crippen LogP contribution in [0.3, 0.4) is 0 Å². The van der Waals surface area contributed by atoms with Crippen LogP contribution in [0.4, 0.5) is 5.69 Å². The van der Waals surface area contributed by atoms with Crippen LogP contribution in [-0.4, -0.2) is 28.9 Å². The Morgan fingerprint density at radius 3 is 2.72 bits per heavy atom. The molecule has 1 amide bonds. The minimum Gasteiger partial charge on any atom is -0.322 e. The van der Waals surface area contributed by atoms with Gasteiger partial charge in [-0.1, -0.05) is 29.8 Å². The summed E-state index contributed by atoms with van der Waals surface area (Å²) in [6.07, 6.45) is 5.81. The number of anilines is 1. The van der Waals surface area contributed by atoms with Crippen molar-refractivity contribution in [2.75, 3.05) is 18.4 Å². The molecule has 1 aliphatic rings. The van der Waals surface area contributed by atoms with Crippen LogP contribution in [0.2, 0.25) is 5.02 Å². The number of hydrogen-bond donors (Lipinski definition) is 1. The molecule has 6 heteroatoms. The van der Waals surface area contributed by atoms with E-state index in [1.165, 1.54) is 18.9 Å². The molecule has 4 nitrogen and oxygen atoms in total. The average Bonchev–Trinajstić information content (AvgIpc) is 3.20. The molecule has 150 valence electrons. The highest BCUT2D eigenvalue weighted by atomic mass is 35.5. The van der Waals surface area contributed by atoms with Crippen molar-refractivity contribution in [2.45, 2.75) is 19.4 Å². The molecule has 0 spiro atoms. The third-order valence-corrected chi connectivity index (χ3v) is 5.11. The van der Waals surface area contributed by atoms with Crippen LogP contribution in [0.1, 0.15) is 24.1 Å². The van der Waals surface area contributed by atoms with E-state index in [0.29, 0.717) is 5.02 Å². The summed E-state index contributed by atoms with van der Waals surface area (Å²) >= 11 is 5.96. The Balaban J connectivity index is 0.00000240. The summed E-state index contributed by atoms with van der Waals surface area (Å²) in [4.78, 5) is 19.4. The van der Waals surface area contributed by atoms with Crippen molar-refractivity contribution in [2.24, 2.45) is 0 Å². The third kappa shape index (κ3) is 5.80. The van der Waals surface area contributed by atoms with E-state index in [2.05, 4.69) is 22.3 Å². The molecule has 1 saturated heterocycles. The van der Waals surface area contributed by atoms with Crippen molar-refractivity contribution in [3.63, 3.8) is 0 Å². The monoisotopic (exact) mass is 427 g/mol. The summed E-state index contributed by atoms with van der Waals surface area (Å²) in [6.45, 7) is 3.23. The van der Waals surface area contributed by atoms with Gasteiger partial charge in [-0.3, -0.25) is 14.7 Å². The normalized spacial score (nSPS) is 14.2. The van der Waals surface area contributed by atoms with Gasteiger partial charge in [-0.05, 0) is 74.0 Å². The largest absolute Gasteiger partial charge is 0.322 e. The standard InChI is InChI=1S/C23H22ClN3O.ClH/c24-19-5-3-4-17(14-19)6-11-23(28)26-20-9-10-22-18(15-20)7-8-21(25-22)16-27-12-1-2-13-27;/h3-11,14-15H,1-2,12-13,16H2,(H,26,28);1H/b11-6+;. The number of hydrogen-bond acceptors (Lipinski definition) is 3. The number of carbonyl (C=O) groups is 1. The highest BCUT2D eigenvalue weighted by Crippen LogP contribution is 2.20. The van der Waals surface area contributed by atoms with Crippen LogP contribution in [0, 0.1) is 0 Å². The van der Waals surface area contributed by atoms with E-state index in [0.717, 1.165) is 47.5 Å². The van der Waals surface area contributed by atoms with Crippen LogP contribution >= 0.6 is 24.0 Å². The predicted molar refractivity (Wildman–Crippen MR) is 123 cm³/mol. The number of benzene rings is 2. The van der Waals surface area contributed by atoms with Crippen molar-refractivity contribution in [1.82, 2.24) is 9.88 Å². The Hall–Kier alpha value is -2.40. The zero-order valence-corrected chi connectivity index (χ0v) is 17.5. The molecule has 1 aromatic heterocycles. The summed E-state index contributed by atoms with van der Waals surface area (Å²) in [6, 6.07) is 17.3. The quantitative estimate of drug-likeness (QED) is 0.542. The molecule has 0 bridgehead atoms. The number of halogens is 2. The Morgan fingerprint density at radius 1 is 1.10 bits per heavy atom. The number of amides is 1. The Morgan fingerprint density at radius 2 is 1.93 bits per heavy atom. The average molecular weight is 428 g/mol. The predicted octanol–water partition coefficient (Wildman–Crippen LogP) is 5.56. The number of pyridine rings is 1. The number of fused-ring (bicyclic) bond motifs is 1. The molecule has 2 aromatic carbocycles. The zero-order valence-electron chi connectivity index (χ0n) is 16.0. The lowest BCUT2D eigenvalue weighted by Crippen LogP contribution is -2.19. The number of nitrogens with zero attached hydrogens (tertiary/aromatic N) is 2. The van der Waals surface area contributed by atoms with E-state index in [1.54, 1.807) is 12.1 Å². The second-order valence-electron chi connectivity index (χ2n) is 7.07. The summed E-state index contributed by atoms with van der Waals surface area (Å²) in [5.74, 6) is -0.182. The van der Waals surface area contributed by atoms with Gasteiger partial charge in [0.15, 0.2) is 0 Å². The van der Waals surface area contributed by atoms with Gasteiger partial charge < -0.3 is 5.32 Å². The molecule has 3 aromatic rings. The molecule has 4 rings (SSSR count). The number of carbonyl (C=O) groups excluding carboxylic acids is 1. The summed E-state index contributed by atoms with van der Waals surface area (Å²) in [5.41, 5.74) is 3.68. The maximum absolute atomic E-state index is 12.2. The molecule has 0 atom stereocenters. The smallest absolute Gasteiger partial charge is 0.248 e. The molecule has 29 heavy (non-hydrogen) atoms. The van der Waals surface area contributed by atoms with Crippen LogP contribution in [-0.2, 0) is 11.3 Å². The second kappa shape index (κ2) is 9.88. The number of likely N-dealkylation sites (tertiary alicyclic amines) is 1. The molecule has 0 unspecified atom stereocenters. The van der Waals surface area contributed by atoms with E-state index in [-0.39, 0.29) is 18.3 Å². The Bertz CT molecular complexity index is 1030. The minimum absolute atomic E-state index is 0. The maximum Gasteiger partial charge on any atom is 0.248 e. The fourth-order valence-electron chi connectivity index (χ4n) is 3.47. The van der Waals surface area contributed by atoms with E-state index >= 15 is 0 Å². The first-order valence-corrected chi connectivity index (χ1v) is 9.90. The van der Waals surface area contributed by atoms with Crippen molar-refractivity contribution in [3.8, 4) is 0 Å². The minimum atomic E-state index is -0.182. The maximum atomic E-state index is 12.2. The SMILES string of the molecule is Cl.O=C(/C=C/c1cccc(Cl)c1)Nc1ccc2nc(CN3CCCC3)ccc2c1. The van der Waals surface area contributed by atoms with Crippen LogP contribution < -0.4 is 5.32 Å². The van der Waals surface area contributed by atoms with Crippen LogP contribution in [0.25, 0.3) is 17.0 Å². The van der Waals surface area contributed by atoms with E-state index < -0.39 is 0 Å². The molecular weight excluding hydrogens is 405 g/mol. The fourth-order valence-corrected chi connectivity index (χ4v) is 3.67. The van der Waals surface area contributed by atoms with Crippen molar-refractivity contribution >= 4 is 52.6 Å². The molecule has 1 fully saturated rings. The lowest BCUT2D eigenvalue weighted by atomic mass is 10.1. The first-order chi connectivity index (χ1) is 13.7. The van der Waals surface area contributed by atoms with Gasteiger partial charge in [0.05, 0.1) is 11.2 Å². The van der Waals surface area contributed by atoms with Gasteiger partial charge in [-0.2, -0.15) is 0 Å². The Kier molecular flexibility index (Phi) is 7.26. The van der Waals surface area contributed by atoms with E-state index in [1.807, 2.05) is 36.4 Å². The van der Waals surface area contributed by atoms with E-state index in [9.17, 15) is 4.79 Å². The molecule has 1 aliphatic heterocycles. The molecule has 0 saturated carbocycles. The zero-order chi connectivity index (χ0) is 19.3. The van der Waals surface area contributed by atoms with Crippen molar-refractivity contribution in [3.05, 3.63) is 77.0 Å². The number of aromatic nitrogens is 1. The topological polar surface area (TPSA) is 45.2 Å². The number of nitrogens with one attached hydrogen (secondary N) is 1. The van der Waals surface area contributed by atoms with Gasteiger partial charge in [0.2, 0.25) is 5.91 Å². The summed E-state index contributed by atoms with van der Waals surface area (Å²) in [5, 5.41) is 4.56. The summed E-state index contributed by atoms with van der Waals surface area (Å²) in [7, 11) is 0.